The molecule has 1 N–H and O–H groups in total. The van der Waals surface area contributed by atoms with Crippen LogP contribution in [0.5, 0.6) is 0 Å². The van der Waals surface area contributed by atoms with Crippen LogP contribution >= 0.6 is 0 Å². The van der Waals surface area contributed by atoms with Gasteiger partial charge in [0.25, 0.3) is 0 Å². The standard InChI is InChI=1S/C15H23NO3/c17-13(8-15(14(18)19)6-3-7-15)16-9-11-4-1-2-5-12(11)10-16/h11-12H,1-10H2,(H,18,19). The molecule has 2 unspecified atom stereocenters. The number of likely N-dealkylation sites (tertiary alicyclic amines) is 1. The summed E-state index contributed by atoms with van der Waals surface area (Å²) >= 11 is 0. The second-order valence-electron chi connectivity index (χ2n) is 6.72. The summed E-state index contributed by atoms with van der Waals surface area (Å²) < 4.78 is 0. The third kappa shape index (κ3) is 2.26. The van der Waals surface area contributed by atoms with Crippen molar-refractivity contribution in [2.45, 2.75) is 51.4 Å². The van der Waals surface area contributed by atoms with Crippen LogP contribution in [-0.2, 0) is 9.59 Å². The first-order valence-corrected chi connectivity index (χ1v) is 7.62. The van der Waals surface area contributed by atoms with Gasteiger partial charge in [-0.15, -0.1) is 0 Å². The predicted octanol–water partition coefficient (Wildman–Crippen LogP) is 2.28. The zero-order valence-electron chi connectivity index (χ0n) is 11.4. The quantitative estimate of drug-likeness (QED) is 0.851. The van der Waals surface area contributed by atoms with Crippen molar-refractivity contribution in [1.82, 2.24) is 4.90 Å². The number of nitrogens with zero attached hydrogens (tertiary/aromatic N) is 1. The molecule has 3 fully saturated rings. The van der Waals surface area contributed by atoms with Crippen LogP contribution in [-0.4, -0.2) is 35.0 Å². The molecule has 0 aromatic heterocycles. The summed E-state index contributed by atoms with van der Waals surface area (Å²) in [5, 5.41) is 9.31. The Morgan fingerprint density at radius 2 is 1.63 bits per heavy atom. The van der Waals surface area contributed by atoms with E-state index in [4.69, 9.17) is 0 Å². The van der Waals surface area contributed by atoms with Gasteiger partial charge in [0.15, 0.2) is 0 Å². The van der Waals surface area contributed by atoms with Crippen LogP contribution < -0.4 is 0 Å². The summed E-state index contributed by atoms with van der Waals surface area (Å²) in [5.74, 6) is 0.667. The number of carboxylic acids is 1. The minimum atomic E-state index is -0.774. The van der Waals surface area contributed by atoms with Gasteiger partial charge in [-0.25, -0.2) is 0 Å². The Balaban J connectivity index is 1.60. The second kappa shape index (κ2) is 4.80. The molecule has 0 bridgehead atoms. The zero-order valence-corrected chi connectivity index (χ0v) is 11.4. The van der Waals surface area contributed by atoms with Crippen LogP contribution in [0.2, 0.25) is 0 Å². The molecular formula is C15H23NO3. The molecule has 4 nitrogen and oxygen atoms in total. The summed E-state index contributed by atoms with van der Waals surface area (Å²) in [6, 6.07) is 0. The Kier molecular flexibility index (Phi) is 3.27. The SMILES string of the molecule is O=C(CC1(C(=O)O)CCC1)N1CC2CCCCC2C1. The number of aliphatic carboxylic acids is 1. The van der Waals surface area contributed by atoms with Crippen molar-refractivity contribution in [3.05, 3.63) is 0 Å². The lowest BCUT2D eigenvalue weighted by Gasteiger charge is -2.38. The molecule has 4 heteroatoms. The van der Waals surface area contributed by atoms with Gasteiger partial charge < -0.3 is 10.0 Å². The predicted molar refractivity (Wildman–Crippen MR) is 70.6 cm³/mol. The lowest BCUT2D eigenvalue weighted by atomic mass is 9.66. The number of amides is 1. The maximum atomic E-state index is 12.4. The summed E-state index contributed by atoms with van der Waals surface area (Å²) in [6.45, 7) is 1.75. The highest BCUT2D eigenvalue weighted by atomic mass is 16.4. The van der Waals surface area contributed by atoms with E-state index in [1.165, 1.54) is 25.7 Å². The number of rotatable bonds is 3. The second-order valence-corrected chi connectivity index (χ2v) is 6.72. The maximum Gasteiger partial charge on any atom is 0.310 e. The van der Waals surface area contributed by atoms with Crippen LogP contribution in [0.3, 0.4) is 0 Å². The fourth-order valence-electron chi connectivity index (χ4n) is 4.08. The van der Waals surface area contributed by atoms with Crippen molar-refractivity contribution in [1.29, 1.82) is 0 Å². The lowest BCUT2D eigenvalue weighted by molar-refractivity contribution is -0.159. The normalized spacial score (nSPS) is 32.5. The number of carbonyl (C=O) groups excluding carboxylic acids is 1. The molecule has 0 spiro atoms. The summed E-state index contributed by atoms with van der Waals surface area (Å²) in [4.78, 5) is 25.6. The molecule has 1 heterocycles. The topological polar surface area (TPSA) is 57.6 Å². The van der Waals surface area contributed by atoms with E-state index in [-0.39, 0.29) is 12.3 Å². The Morgan fingerprint density at radius 3 is 2.05 bits per heavy atom. The number of carbonyl (C=O) groups is 2. The van der Waals surface area contributed by atoms with E-state index in [0.717, 1.165) is 19.5 Å². The van der Waals surface area contributed by atoms with E-state index >= 15 is 0 Å². The summed E-state index contributed by atoms with van der Waals surface area (Å²) in [5.41, 5.74) is -0.731. The number of carboxylic acid groups (broad SMARTS) is 1. The maximum absolute atomic E-state index is 12.4. The monoisotopic (exact) mass is 265 g/mol. The highest BCUT2D eigenvalue weighted by Gasteiger charge is 2.47. The van der Waals surface area contributed by atoms with Gasteiger partial charge in [-0.05, 0) is 37.5 Å². The molecule has 106 valence electrons. The van der Waals surface area contributed by atoms with Crippen molar-refractivity contribution in [3.8, 4) is 0 Å². The van der Waals surface area contributed by atoms with E-state index in [1.807, 2.05) is 4.90 Å². The average Bonchev–Trinajstić information content (AvgIpc) is 2.76. The van der Waals surface area contributed by atoms with Crippen LogP contribution in [0, 0.1) is 17.3 Å². The first-order valence-electron chi connectivity index (χ1n) is 7.62. The zero-order chi connectivity index (χ0) is 13.5. The van der Waals surface area contributed by atoms with Crippen LogP contribution in [0.25, 0.3) is 0 Å². The molecule has 0 aromatic carbocycles. The van der Waals surface area contributed by atoms with Gasteiger partial charge >= 0.3 is 5.97 Å². The number of hydrogen-bond donors (Lipinski definition) is 1. The van der Waals surface area contributed by atoms with Gasteiger partial charge in [0.2, 0.25) is 5.91 Å². The molecule has 19 heavy (non-hydrogen) atoms. The van der Waals surface area contributed by atoms with Crippen molar-refractivity contribution >= 4 is 11.9 Å². The Labute approximate surface area is 114 Å². The van der Waals surface area contributed by atoms with Gasteiger partial charge in [0.05, 0.1) is 5.41 Å². The van der Waals surface area contributed by atoms with Gasteiger partial charge in [-0.2, -0.15) is 0 Å². The summed E-state index contributed by atoms with van der Waals surface area (Å²) in [6.07, 6.45) is 7.61. The first-order chi connectivity index (χ1) is 9.11. The minimum Gasteiger partial charge on any atom is -0.481 e. The van der Waals surface area contributed by atoms with Crippen LogP contribution in [0.4, 0.5) is 0 Å². The third-order valence-corrected chi connectivity index (χ3v) is 5.58. The number of fused-ring (bicyclic) bond motifs is 1. The van der Waals surface area contributed by atoms with Crippen LogP contribution in [0.1, 0.15) is 51.4 Å². The molecule has 0 aromatic rings. The first kappa shape index (κ1) is 12.9. The largest absolute Gasteiger partial charge is 0.481 e. The molecule has 2 saturated carbocycles. The molecule has 2 aliphatic carbocycles. The molecule has 0 radical (unpaired) electrons. The van der Waals surface area contributed by atoms with E-state index in [0.29, 0.717) is 24.7 Å². The lowest BCUT2D eigenvalue weighted by Crippen LogP contribution is -2.43. The number of hydrogen-bond acceptors (Lipinski definition) is 2. The van der Waals surface area contributed by atoms with Gasteiger partial charge in [-0.3, -0.25) is 9.59 Å². The van der Waals surface area contributed by atoms with E-state index in [9.17, 15) is 14.7 Å². The van der Waals surface area contributed by atoms with Crippen molar-refractivity contribution in [3.63, 3.8) is 0 Å². The van der Waals surface area contributed by atoms with Gasteiger partial charge in [0, 0.05) is 19.5 Å². The molecule has 3 aliphatic rings. The highest BCUT2D eigenvalue weighted by molar-refractivity contribution is 5.85. The molecule has 2 atom stereocenters. The van der Waals surface area contributed by atoms with Crippen molar-refractivity contribution in [2.24, 2.45) is 17.3 Å². The Morgan fingerprint density at radius 1 is 1.05 bits per heavy atom. The minimum absolute atomic E-state index is 0.0801. The molecular weight excluding hydrogens is 242 g/mol. The van der Waals surface area contributed by atoms with E-state index in [2.05, 4.69) is 0 Å². The fourth-order valence-corrected chi connectivity index (χ4v) is 4.08. The van der Waals surface area contributed by atoms with Gasteiger partial charge in [-0.1, -0.05) is 19.3 Å². The Hall–Kier alpha value is -1.06. The highest BCUT2D eigenvalue weighted by Crippen LogP contribution is 2.45. The van der Waals surface area contributed by atoms with E-state index < -0.39 is 11.4 Å². The molecule has 3 rings (SSSR count). The van der Waals surface area contributed by atoms with Crippen molar-refractivity contribution < 1.29 is 14.7 Å². The molecule has 1 aliphatic heterocycles. The average molecular weight is 265 g/mol. The smallest absolute Gasteiger partial charge is 0.310 e. The van der Waals surface area contributed by atoms with Crippen molar-refractivity contribution in [2.75, 3.05) is 13.1 Å². The molecule has 1 saturated heterocycles. The summed E-state index contributed by atoms with van der Waals surface area (Å²) in [7, 11) is 0. The fraction of sp³-hybridized carbons (Fsp3) is 0.867. The van der Waals surface area contributed by atoms with E-state index in [1.54, 1.807) is 0 Å². The molecule has 1 amide bonds. The van der Waals surface area contributed by atoms with Gasteiger partial charge in [0.1, 0.15) is 0 Å². The Bertz CT molecular complexity index is 375. The van der Waals surface area contributed by atoms with Crippen LogP contribution in [0.15, 0.2) is 0 Å². The third-order valence-electron chi connectivity index (χ3n) is 5.58.